The van der Waals surface area contributed by atoms with Crippen molar-refractivity contribution in [1.82, 2.24) is 4.98 Å². The quantitative estimate of drug-likeness (QED) is 0.316. The van der Waals surface area contributed by atoms with Gasteiger partial charge in [-0.1, -0.05) is 24.3 Å². The zero-order valence-corrected chi connectivity index (χ0v) is 21.0. The van der Waals surface area contributed by atoms with Crippen LogP contribution in [0.5, 0.6) is 0 Å². The van der Waals surface area contributed by atoms with Gasteiger partial charge in [-0.25, -0.2) is 17.8 Å². The Kier molecular flexibility index (Phi) is 7.07. The molecule has 0 amide bonds. The highest BCUT2D eigenvalue weighted by Crippen LogP contribution is 2.45. The van der Waals surface area contributed by atoms with Gasteiger partial charge in [0.15, 0.2) is 9.84 Å². The van der Waals surface area contributed by atoms with Crippen molar-refractivity contribution < 1.29 is 30.5 Å². The number of nitrogens with zero attached hydrogens (tertiary/aromatic N) is 1. The topological polar surface area (TPSA) is 102 Å². The highest BCUT2D eigenvalue weighted by molar-refractivity contribution is 7.92. The van der Waals surface area contributed by atoms with Gasteiger partial charge in [-0.05, 0) is 45.4 Å². The Morgan fingerprint density at radius 2 is 1.71 bits per heavy atom. The number of sulfone groups is 1. The average molecular weight is 529 g/mol. The number of nitrogens with one attached hydrogen (secondary N) is 1. The monoisotopic (exact) mass is 529 g/mol. The molecule has 0 radical (unpaired) electrons. The van der Waals surface area contributed by atoms with Gasteiger partial charge in [-0.3, -0.25) is 0 Å². The van der Waals surface area contributed by atoms with Crippen molar-refractivity contribution in [3.63, 3.8) is 0 Å². The SMILES string of the molecule is CC(C)S(=O)(=O)c1ccccc1Nc1c(C(F)(F)F)cnc(N)c1-c1ccc(P(C)(C)=O)cc1F. The Balaban J connectivity index is 2.34. The molecule has 0 aliphatic heterocycles. The van der Waals surface area contributed by atoms with E-state index in [4.69, 9.17) is 5.73 Å². The number of aromatic nitrogens is 1. The summed E-state index contributed by atoms with van der Waals surface area (Å²) in [5.74, 6) is -1.36. The van der Waals surface area contributed by atoms with E-state index in [2.05, 4.69) is 10.3 Å². The molecule has 0 saturated heterocycles. The first-order chi connectivity index (χ1) is 16.0. The molecule has 12 heteroatoms. The van der Waals surface area contributed by atoms with E-state index >= 15 is 4.39 Å². The first kappa shape index (κ1) is 26.7. The molecule has 0 bridgehead atoms. The maximum Gasteiger partial charge on any atom is 0.419 e. The van der Waals surface area contributed by atoms with E-state index in [1.165, 1.54) is 63.6 Å². The van der Waals surface area contributed by atoms with E-state index in [1.54, 1.807) is 0 Å². The molecule has 1 heterocycles. The number of pyridine rings is 1. The molecule has 0 atom stereocenters. The standard InChI is InChI=1S/C23H24F4N3O3PS/c1-13(2)35(32,33)19-8-6-5-7-18(19)30-21-16(23(25,26)27)12-29-22(28)20(21)15-10-9-14(11-17(15)24)34(3,4)31/h5-13H,1-4H3,(H3,28,29,30). The fourth-order valence-electron chi connectivity index (χ4n) is 3.39. The minimum Gasteiger partial charge on any atom is -0.383 e. The number of hydrogen-bond donors (Lipinski definition) is 2. The summed E-state index contributed by atoms with van der Waals surface area (Å²) >= 11 is 0. The summed E-state index contributed by atoms with van der Waals surface area (Å²) in [5, 5.41) is 1.89. The molecule has 3 rings (SSSR count). The van der Waals surface area contributed by atoms with Crippen molar-refractivity contribution in [1.29, 1.82) is 0 Å². The van der Waals surface area contributed by atoms with E-state index in [0.29, 0.717) is 6.20 Å². The molecule has 2 aromatic carbocycles. The summed E-state index contributed by atoms with van der Waals surface area (Å²) in [5.41, 5.74) is 3.16. The minimum absolute atomic E-state index is 0.137. The van der Waals surface area contributed by atoms with Crippen LogP contribution >= 0.6 is 7.14 Å². The predicted octanol–water partition coefficient (Wildman–Crippen LogP) is 5.66. The average Bonchev–Trinajstić information content (AvgIpc) is 2.73. The van der Waals surface area contributed by atoms with Crippen LogP contribution < -0.4 is 16.4 Å². The van der Waals surface area contributed by atoms with Crippen LogP contribution in [0, 0.1) is 5.82 Å². The Morgan fingerprint density at radius 3 is 2.26 bits per heavy atom. The Bertz CT molecular complexity index is 1430. The third-order valence-corrected chi connectivity index (χ3v) is 9.06. The third kappa shape index (κ3) is 5.36. The second-order valence-electron chi connectivity index (χ2n) is 8.53. The number of alkyl halides is 3. The van der Waals surface area contributed by atoms with Crippen LogP contribution in [0.1, 0.15) is 19.4 Å². The van der Waals surface area contributed by atoms with E-state index in [1.807, 2.05) is 0 Å². The lowest BCUT2D eigenvalue weighted by Crippen LogP contribution is -2.17. The maximum atomic E-state index is 15.2. The molecule has 3 N–H and O–H groups in total. The van der Waals surface area contributed by atoms with Crippen molar-refractivity contribution >= 4 is 39.5 Å². The molecule has 0 unspecified atom stereocenters. The zero-order valence-electron chi connectivity index (χ0n) is 19.3. The second-order valence-corrected chi connectivity index (χ2v) is 14.2. The van der Waals surface area contributed by atoms with Gasteiger partial charge in [0.1, 0.15) is 18.8 Å². The third-order valence-electron chi connectivity index (χ3n) is 5.33. The Hall–Kier alpha value is -2.91. The number of para-hydroxylation sites is 1. The van der Waals surface area contributed by atoms with Crippen LogP contribution in [0.25, 0.3) is 11.1 Å². The first-order valence-corrected chi connectivity index (χ1v) is 14.5. The molecular formula is C23H24F4N3O3PS. The largest absolute Gasteiger partial charge is 0.419 e. The van der Waals surface area contributed by atoms with Gasteiger partial charge in [-0.15, -0.1) is 0 Å². The van der Waals surface area contributed by atoms with E-state index in [0.717, 1.165) is 6.07 Å². The van der Waals surface area contributed by atoms with Crippen LogP contribution in [0.15, 0.2) is 53.6 Å². The summed E-state index contributed by atoms with van der Waals surface area (Å²) in [6.45, 7) is 5.75. The molecule has 0 aliphatic carbocycles. The molecule has 6 nitrogen and oxygen atoms in total. The van der Waals surface area contributed by atoms with Crippen LogP contribution in [-0.4, -0.2) is 32.0 Å². The van der Waals surface area contributed by atoms with Gasteiger partial charge >= 0.3 is 6.18 Å². The molecule has 3 aromatic rings. The van der Waals surface area contributed by atoms with Gasteiger partial charge in [0.2, 0.25) is 0 Å². The number of benzene rings is 2. The number of nitrogen functional groups attached to an aromatic ring is 1. The number of hydrogen-bond acceptors (Lipinski definition) is 6. The van der Waals surface area contributed by atoms with Crippen molar-refractivity contribution in [3.8, 4) is 11.1 Å². The van der Waals surface area contributed by atoms with E-state index < -0.39 is 56.9 Å². The Labute approximate surface area is 200 Å². The lowest BCUT2D eigenvalue weighted by molar-refractivity contribution is -0.137. The highest BCUT2D eigenvalue weighted by atomic mass is 32.2. The molecule has 0 fully saturated rings. The van der Waals surface area contributed by atoms with Crippen LogP contribution in [-0.2, 0) is 20.6 Å². The van der Waals surface area contributed by atoms with E-state index in [9.17, 15) is 26.2 Å². The van der Waals surface area contributed by atoms with Gasteiger partial charge in [0, 0.05) is 17.1 Å². The van der Waals surface area contributed by atoms with Crippen LogP contribution in [0.2, 0.25) is 0 Å². The molecule has 1 aromatic heterocycles. The van der Waals surface area contributed by atoms with Gasteiger partial charge in [0.25, 0.3) is 0 Å². The van der Waals surface area contributed by atoms with Crippen molar-refractivity contribution in [2.75, 3.05) is 24.4 Å². The van der Waals surface area contributed by atoms with Crippen molar-refractivity contribution in [3.05, 3.63) is 60.0 Å². The highest BCUT2D eigenvalue weighted by Gasteiger charge is 2.37. The van der Waals surface area contributed by atoms with E-state index in [-0.39, 0.29) is 21.5 Å². The minimum atomic E-state index is -4.93. The fourth-order valence-corrected chi connectivity index (χ4v) is 5.45. The number of anilines is 3. The smallest absolute Gasteiger partial charge is 0.383 e. The summed E-state index contributed by atoms with van der Waals surface area (Å²) in [4.78, 5) is 3.39. The zero-order chi connectivity index (χ0) is 26.3. The number of nitrogens with two attached hydrogens (primary N) is 1. The number of rotatable bonds is 6. The van der Waals surface area contributed by atoms with Crippen LogP contribution in [0.4, 0.5) is 34.8 Å². The maximum absolute atomic E-state index is 15.2. The van der Waals surface area contributed by atoms with Crippen molar-refractivity contribution in [2.24, 2.45) is 0 Å². The predicted molar refractivity (Wildman–Crippen MR) is 130 cm³/mol. The lowest BCUT2D eigenvalue weighted by atomic mass is 10.0. The molecule has 35 heavy (non-hydrogen) atoms. The summed E-state index contributed by atoms with van der Waals surface area (Å²) in [6.07, 6.45) is -4.43. The summed E-state index contributed by atoms with van der Waals surface area (Å²) in [6, 6.07) is 8.98. The lowest BCUT2D eigenvalue weighted by Gasteiger charge is -2.22. The van der Waals surface area contributed by atoms with Crippen LogP contribution in [0.3, 0.4) is 0 Å². The van der Waals surface area contributed by atoms with Gasteiger partial charge in [-0.2, -0.15) is 13.2 Å². The van der Waals surface area contributed by atoms with Gasteiger partial charge < -0.3 is 15.6 Å². The molecule has 0 spiro atoms. The van der Waals surface area contributed by atoms with Crippen molar-refractivity contribution in [2.45, 2.75) is 30.2 Å². The molecular weight excluding hydrogens is 505 g/mol. The summed E-state index contributed by atoms with van der Waals surface area (Å²) < 4.78 is 95.2. The normalized spacial score (nSPS) is 12.7. The first-order valence-electron chi connectivity index (χ1n) is 10.4. The second kappa shape index (κ2) is 9.28. The summed E-state index contributed by atoms with van der Waals surface area (Å²) in [7, 11) is -6.74. The van der Waals surface area contributed by atoms with Gasteiger partial charge in [0.05, 0.1) is 32.6 Å². The Morgan fingerprint density at radius 1 is 1.09 bits per heavy atom. The molecule has 0 aliphatic rings. The molecule has 0 saturated carbocycles. The molecule has 188 valence electrons. The fraction of sp³-hybridized carbons (Fsp3) is 0.261. The number of halogens is 4.